The second-order valence-electron chi connectivity index (χ2n) is 9.52. The summed E-state index contributed by atoms with van der Waals surface area (Å²) in [5.74, 6) is 1.07. The summed E-state index contributed by atoms with van der Waals surface area (Å²) < 4.78 is 16.8. The van der Waals surface area contributed by atoms with E-state index in [1.165, 1.54) is 0 Å². The Hall–Kier alpha value is -5.38. The molecule has 3 aromatic carbocycles. The van der Waals surface area contributed by atoms with Crippen LogP contribution in [0.2, 0.25) is 0 Å². The third kappa shape index (κ3) is 13.7. The van der Waals surface area contributed by atoms with Crippen molar-refractivity contribution in [3.05, 3.63) is 115 Å². The van der Waals surface area contributed by atoms with Crippen molar-refractivity contribution < 1.29 is 68.2 Å². The van der Waals surface area contributed by atoms with Gasteiger partial charge in [0.25, 0.3) is 0 Å². The molecular weight excluding hydrogens is 620 g/mol. The van der Waals surface area contributed by atoms with Crippen LogP contribution in [0.15, 0.2) is 98.0 Å². The summed E-state index contributed by atoms with van der Waals surface area (Å²) in [7, 11) is 0. The average molecular weight is 655 g/mol. The Morgan fingerprint density at radius 2 is 1.34 bits per heavy atom. The summed E-state index contributed by atoms with van der Waals surface area (Å²) in [4.78, 5) is 52.8. The van der Waals surface area contributed by atoms with E-state index in [9.17, 15) is 9.59 Å². The highest BCUT2D eigenvalue weighted by atomic mass is 17.8. The van der Waals surface area contributed by atoms with Crippen LogP contribution in [0.3, 0.4) is 0 Å². The average Bonchev–Trinajstić information content (AvgIpc) is 3.05. The third-order valence-electron chi connectivity index (χ3n) is 5.48. The van der Waals surface area contributed by atoms with Crippen LogP contribution in [0.5, 0.6) is 23.0 Å². The summed E-state index contributed by atoms with van der Waals surface area (Å²) in [5.41, 5.74) is 2.28. The van der Waals surface area contributed by atoms with Crippen molar-refractivity contribution in [1.29, 1.82) is 0 Å². The first-order chi connectivity index (χ1) is 22.6. The van der Waals surface area contributed by atoms with Gasteiger partial charge in [-0.15, -0.1) is 0 Å². The quantitative estimate of drug-likeness (QED) is 0.0230. The van der Waals surface area contributed by atoms with Gasteiger partial charge in [0.1, 0.15) is 42.0 Å². The van der Waals surface area contributed by atoms with Crippen molar-refractivity contribution in [3.63, 3.8) is 0 Å². The summed E-state index contributed by atoms with van der Waals surface area (Å²) in [6.45, 7) is 15.6. The number of hydrogen-bond donors (Lipinski definition) is 0. The van der Waals surface area contributed by atoms with Gasteiger partial charge < -0.3 is 24.0 Å². The Bertz CT molecular complexity index is 1500. The van der Waals surface area contributed by atoms with Gasteiger partial charge in [0, 0.05) is 10.1 Å². The van der Waals surface area contributed by atoms with E-state index in [0.29, 0.717) is 39.7 Å². The van der Waals surface area contributed by atoms with Crippen LogP contribution in [-0.2, 0) is 44.3 Å². The third-order valence-corrected chi connectivity index (χ3v) is 5.48. The van der Waals surface area contributed by atoms with Crippen molar-refractivity contribution >= 4 is 17.5 Å². The first-order valence-corrected chi connectivity index (χ1v) is 13.8. The predicted octanol–water partition coefficient (Wildman–Crippen LogP) is 6.63. The molecule has 0 aromatic heterocycles. The normalized spacial score (nSPS) is 10.4. The number of rotatable bonds is 21. The van der Waals surface area contributed by atoms with Crippen LogP contribution in [0, 0.1) is 6.92 Å². The molecule has 0 radical (unpaired) electrons. The molecule has 14 heteroatoms. The predicted molar refractivity (Wildman–Crippen MR) is 162 cm³/mol. The molecule has 0 saturated carbocycles. The van der Waals surface area contributed by atoms with Gasteiger partial charge >= 0.3 is 11.9 Å². The molecule has 0 spiro atoms. The minimum absolute atomic E-state index is 0.0155. The zero-order valence-electron chi connectivity index (χ0n) is 26.0. The van der Waals surface area contributed by atoms with Crippen molar-refractivity contribution in [3.8, 4) is 23.0 Å². The molecule has 0 bridgehead atoms. The minimum atomic E-state index is -0.638. The van der Waals surface area contributed by atoms with Gasteiger partial charge in [-0.1, -0.05) is 31.9 Å². The van der Waals surface area contributed by atoms with Crippen LogP contribution >= 0.6 is 0 Å². The van der Waals surface area contributed by atoms with E-state index in [1.54, 1.807) is 87.5 Å². The molecule has 0 heterocycles. The topological polar surface area (TPSA) is 145 Å². The zero-order valence-corrected chi connectivity index (χ0v) is 26.0. The molecule has 14 nitrogen and oxygen atoms in total. The summed E-state index contributed by atoms with van der Waals surface area (Å²) in [6.07, 6.45) is -0.0737. The molecule has 0 aliphatic heterocycles. The van der Waals surface area contributed by atoms with Gasteiger partial charge in [-0.05, 0) is 97.1 Å². The maximum absolute atomic E-state index is 12.7. The maximum Gasteiger partial charge on any atom is 0.357 e. The Morgan fingerprint density at radius 1 is 0.681 bits per heavy atom. The molecule has 0 amide bonds. The van der Waals surface area contributed by atoms with Crippen molar-refractivity contribution in [1.82, 2.24) is 0 Å². The molecule has 0 saturated heterocycles. The lowest BCUT2D eigenvalue weighted by Crippen LogP contribution is -2.11. The van der Waals surface area contributed by atoms with E-state index < -0.39 is 11.9 Å². The number of allylic oxidation sites excluding steroid dienone is 2. The highest BCUT2D eigenvalue weighted by molar-refractivity contribution is 5.91. The molecule has 0 atom stereocenters. The van der Waals surface area contributed by atoms with Gasteiger partial charge in [0.15, 0.2) is 5.75 Å². The molecule has 3 rings (SSSR count). The highest BCUT2D eigenvalue weighted by Gasteiger charge is 2.12. The Balaban J connectivity index is 1.37. The van der Waals surface area contributed by atoms with E-state index >= 15 is 0 Å². The highest BCUT2D eigenvalue weighted by Crippen LogP contribution is 2.25. The summed E-state index contributed by atoms with van der Waals surface area (Å²) in [5, 5.41) is 12.7. The van der Waals surface area contributed by atoms with Gasteiger partial charge in [-0.3, -0.25) is 9.78 Å². The Labute approximate surface area is 270 Å². The van der Waals surface area contributed by atoms with Crippen LogP contribution in [0.1, 0.15) is 41.8 Å². The van der Waals surface area contributed by atoms with Gasteiger partial charge in [0.05, 0.1) is 12.0 Å². The molecule has 0 aliphatic carbocycles. The second kappa shape index (κ2) is 19.2. The van der Waals surface area contributed by atoms with Gasteiger partial charge in [0.2, 0.25) is 6.79 Å². The lowest BCUT2D eigenvalue weighted by molar-refractivity contribution is -0.701. The lowest BCUT2D eigenvalue weighted by Gasteiger charge is -2.12. The number of ether oxygens (including phenoxy) is 3. The standard InChI is InChI=1S/C33H34O14/c1-22(2)41-38-18-17-32(34)44-43-29-13-11-28(12-14-29)36-21-37-31-16-15-30(19-24(31)5)40-33(35)27-9-7-26(8-10-27)25(6)20-39-45-47-46-42-23(3)4/h7-16,19H,1,3,6,17-18,20-21H2,2,4-5H3. The van der Waals surface area contributed by atoms with E-state index in [0.717, 1.165) is 5.56 Å². The zero-order chi connectivity index (χ0) is 34.0. The fraction of sp³-hybridized carbons (Fsp3) is 0.212. The van der Waals surface area contributed by atoms with Gasteiger partial charge in [-0.2, -0.15) is 9.78 Å². The van der Waals surface area contributed by atoms with E-state index in [2.05, 4.69) is 39.7 Å². The molecule has 47 heavy (non-hydrogen) atoms. The van der Waals surface area contributed by atoms with Crippen LogP contribution < -0.4 is 19.1 Å². The second-order valence-corrected chi connectivity index (χ2v) is 9.52. The number of carbonyl (C=O) groups excluding carboxylic acids is 2. The molecule has 0 fully saturated rings. The number of aryl methyl sites for hydroxylation is 1. The fourth-order valence-corrected chi connectivity index (χ4v) is 3.29. The number of hydrogen-bond acceptors (Lipinski definition) is 14. The first kappa shape index (κ1) is 36.1. The van der Waals surface area contributed by atoms with Crippen molar-refractivity contribution in [2.75, 3.05) is 20.0 Å². The molecule has 0 aliphatic rings. The summed E-state index contributed by atoms with van der Waals surface area (Å²) >= 11 is 0. The minimum Gasteiger partial charge on any atom is -0.457 e. The fourth-order valence-electron chi connectivity index (χ4n) is 3.29. The van der Waals surface area contributed by atoms with Crippen LogP contribution in [0.4, 0.5) is 0 Å². The molecule has 3 aromatic rings. The molecule has 0 unspecified atom stereocenters. The van der Waals surface area contributed by atoms with Gasteiger partial charge in [-0.25, -0.2) is 9.59 Å². The van der Waals surface area contributed by atoms with Crippen molar-refractivity contribution in [2.24, 2.45) is 0 Å². The first-order valence-electron chi connectivity index (χ1n) is 13.8. The van der Waals surface area contributed by atoms with E-state index in [4.69, 9.17) is 38.6 Å². The number of benzene rings is 3. The molecule has 250 valence electrons. The molecule has 0 N–H and O–H groups in total. The Kier molecular flexibility index (Phi) is 14.7. The van der Waals surface area contributed by atoms with Crippen LogP contribution in [-0.4, -0.2) is 31.9 Å². The number of esters is 1. The van der Waals surface area contributed by atoms with Crippen LogP contribution in [0.25, 0.3) is 5.57 Å². The molecular formula is C33H34O14. The van der Waals surface area contributed by atoms with E-state index in [-0.39, 0.29) is 37.9 Å². The largest absolute Gasteiger partial charge is 0.457 e. The van der Waals surface area contributed by atoms with Crippen molar-refractivity contribution in [2.45, 2.75) is 27.2 Å². The lowest BCUT2D eigenvalue weighted by atomic mass is 10.1. The summed E-state index contributed by atoms with van der Waals surface area (Å²) in [6, 6.07) is 17.8. The SMILES string of the molecule is C=C(C)OOCCC(=O)OOc1ccc(OCOc2ccc(OC(=O)c3ccc(C(=C)COOOOOC(=C)C)cc3)cc2C)cc1. The van der Waals surface area contributed by atoms with E-state index in [1.807, 2.05) is 0 Å². The number of carbonyl (C=O) groups is 2. The smallest absolute Gasteiger partial charge is 0.357 e. The monoisotopic (exact) mass is 654 g/mol. The maximum atomic E-state index is 12.7. The Morgan fingerprint density at radius 3 is 2.02 bits per heavy atom.